The average molecular weight is 368 g/mol. The number of carbonyl (C=O) groups is 2. The third-order valence-corrected chi connectivity index (χ3v) is 5.37. The van der Waals surface area contributed by atoms with Crippen LogP contribution in [-0.4, -0.2) is 11.9 Å². The number of benzene rings is 2. The molecule has 0 radical (unpaired) electrons. The average Bonchev–Trinajstić information content (AvgIpc) is 2.78. The second-order valence-electron chi connectivity index (χ2n) is 6.17. The molecular formula is C21H20O4S. The Hall–Kier alpha value is -2.53. The molecule has 3 rings (SSSR count). The van der Waals surface area contributed by atoms with Gasteiger partial charge in [-0.25, -0.2) is 4.79 Å². The molecule has 0 saturated carbocycles. The van der Waals surface area contributed by atoms with Gasteiger partial charge >= 0.3 is 11.9 Å². The molecule has 26 heavy (non-hydrogen) atoms. The van der Waals surface area contributed by atoms with Crippen molar-refractivity contribution in [1.82, 2.24) is 0 Å². The Kier molecular flexibility index (Phi) is 5.47. The van der Waals surface area contributed by atoms with Gasteiger partial charge in [0, 0.05) is 39.8 Å². The molecule has 1 atom stereocenters. The quantitative estimate of drug-likeness (QED) is 0.585. The summed E-state index contributed by atoms with van der Waals surface area (Å²) in [5.41, 5.74) is 4.26. The van der Waals surface area contributed by atoms with Gasteiger partial charge < -0.3 is 9.47 Å². The molecule has 2 aromatic carbocycles. The highest BCUT2D eigenvalue weighted by Gasteiger charge is 2.28. The molecule has 0 saturated heterocycles. The minimum atomic E-state index is -0.516. The number of thioether (sulfide) groups is 1. The van der Waals surface area contributed by atoms with Gasteiger partial charge in [-0.3, -0.25) is 4.79 Å². The van der Waals surface area contributed by atoms with Crippen LogP contribution in [0.15, 0.2) is 59.5 Å². The molecule has 1 aliphatic rings. The first-order valence-corrected chi connectivity index (χ1v) is 9.28. The Labute approximate surface area is 157 Å². The maximum absolute atomic E-state index is 12.2. The van der Waals surface area contributed by atoms with Gasteiger partial charge in [0.05, 0.1) is 0 Å². The molecule has 0 aliphatic carbocycles. The Bertz CT molecular complexity index is 872. The fourth-order valence-electron chi connectivity index (χ4n) is 2.85. The Morgan fingerprint density at radius 3 is 2.58 bits per heavy atom. The van der Waals surface area contributed by atoms with E-state index in [-0.39, 0.29) is 12.6 Å². The van der Waals surface area contributed by atoms with E-state index in [1.54, 1.807) is 18.7 Å². The predicted octanol–water partition coefficient (Wildman–Crippen LogP) is 4.56. The maximum atomic E-state index is 12.2. The van der Waals surface area contributed by atoms with Crippen LogP contribution in [0.25, 0.3) is 0 Å². The summed E-state index contributed by atoms with van der Waals surface area (Å²) in [6.07, 6.45) is -0.516. The number of rotatable bonds is 4. The molecule has 0 fully saturated rings. The molecule has 1 heterocycles. The lowest BCUT2D eigenvalue weighted by Crippen LogP contribution is -2.15. The van der Waals surface area contributed by atoms with Gasteiger partial charge in [0.1, 0.15) is 6.61 Å². The predicted molar refractivity (Wildman–Crippen MR) is 101 cm³/mol. The summed E-state index contributed by atoms with van der Waals surface area (Å²) in [5, 5.41) is 0. The highest BCUT2D eigenvalue weighted by molar-refractivity contribution is 7.98. The molecule has 1 aliphatic heterocycles. The van der Waals surface area contributed by atoms with Gasteiger partial charge in [0.25, 0.3) is 0 Å². The molecule has 4 nitrogen and oxygen atoms in total. The van der Waals surface area contributed by atoms with Gasteiger partial charge in [0.15, 0.2) is 6.10 Å². The van der Waals surface area contributed by atoms with E-state index in [0.717, 1.165) is 32.9 Å². The lowest BCUT2D eigenvalue weighted by Gasteiger charge is -2.21. The van der Waals surface area contributed by atoms with Crippen molar-refractivity contribution >= 4 is 23.7 Å². The fraction of sp³-hybridized carbons (Fsp3) is 0.238. The minimum Gasteiger partial charge on any atom is -0.461 e. The van der Waals surface area contributed by atoms with E-state index >= 15 is 0 Å². The zero-order valence-electron chi connectivity index (χ0n) is 14.8. The van der Waals surface area contributed by atoms with Gasteiger partial charge in [-0.15, -0.1) is 11.8 Å². The minimum absolute atomic E-state index is 0.197. The summed E-state index contributed by atoms with van der Waals surface area (Å²) in [6, 6.07) is 13.7. The summed E-state index contributed by atoms with van der Waals surface area (Å²) >= 11 is 1.66. The van der Waals surface area contributed by atoms with E-state index in [1.807, 2.05) is 42.5 Å². The zero-order chi connectivity index (χ0) is 18.7. The van der Waals surface area contributed by atoms with Crippen LogP contribution in [-0.2, 0) is 31.4 Å². The third kappa shape index (κ3) is 3.83. The zero-order valence-corrected chi connectivity index (χ0v) is 15.6. The number of fused-ring (bicyclic) bond motifs is 2. The first-order valence-electron chi connectivity index (χ1n) is 8.29. The van der Waals surface area contributed by atoms with E-state index in [9.17, 15) is 9.59 Å². The second kappa shape index (κ2) is 7.79. The first-order chi connectivity index (χ1) is 12.5. The molecular weight excluding hydrogens is 348 g/mol. The van der Waals surface area contributed by atoms with Crippen LogP contribution in [0.1, 0.15) is 42.2 Å². The highest BCUT2D eigenvalue weighted by Crippen LogP contribution is 2.43. The molecule has 1 unspecified atom stereocenters. The van der Waals surface area contributed by atoms with E-state index in [0.29, 0.717) is 5.57 Å². The highest BCUT2D eigenvalue weighted by atomic mass is 32.2. The van der Waals surface area contributed by atoms with Gasteiger partial charge in [-0.05, 0) is 12.5 Å². The molecule has 0 bridgehead atoms. The smallest absolute Gasteiger partial charge is 0.334 e. The van der Waals surface area contributed by atoms with Crippen LogP contribution in [0.4, 0.5) is 0 Å². The Balaban J connectivity index is 2.08. The van der Waals surface area contributed by atoms with Crippen LogP contribution in [0.5, 0.6) is 0 Å². The molecule has 134 valence electrons. The standard InChI is InChI=1S/C21H20O4S/c1-13(2)21(23)25-19-17-9-5-4-7-16(17)12-26-20-15(11-24-14(3)22)8-6-10-18(19)20/h4-10,19H,1,11-12H2,2-3H3. The number of hydrogen-bond acceptors (Lipinski definition) is 5. The second-order valence-corrected chi connectivity index (χ2v) is 7.15. The first kappa shape index (κ1) is 18.3. The topological polar surface area (TPSA) is 52.6 Å². The summed E-state index contributed by atoms with van der Waals surface area (Å²) in [6.45, 7) is 6.91. The van der Waals surface area contributed by atoms with Crippen molar-refractivity contribution in [2.45, 2.75) is 37.2 Å². The SMILES string of the molecule is C=C(C)C(=O)OC1c2ccccc2CSc2c(COC(C)=O)cccc21. The summed E-state index contributed by atoms with van der Waals surface area (Å²) < 4.78 is 11.0. The molecule has 0 N–H and O–H groups in total. The van der Waals surface area contributed by atoms with Gasteiger partial charge in [-0.1, -0.05) is 49.0 Å². The van der Waals surface area contributed by atoms with Crippen molar-refractivity contribution in [1.29, 1.82) is 0 Å². The van der Waals surface area contributed by atoms with Crippen molar-refractivity contribution < 1.29 is 19.1 Å². The molecule has 0 spiro atoms. The Morgan fingerprint density at radius 1 is 1.12 bits per heavy atom. The monoisotopic (exact) mass is 368 g/mol. The van der Waals surface area contributed by atoms with Crippen LogP contribution in [0.3, 0.4) is 0 Å². The fourth-order valence-corrected chi connectivity index (χ4v) is 4.07. The van der Waals surface area contributed by atoms with Crippen molar-refractivity contribution in [3.8, 4) is 0 Å². The summed E-state index contributed by atoms with van der Waals surface area (Å²) in [4.78, 5) is 24.4. The lowest BCUT2D eigenvalue weighted by atomic mass is 9.96. The molecule has 0 aromatic heterocycles. The third-order valence-electron chi connectivity index (χ3n) is 4.12. The largest absolute Gasteiger partial charge is 0.461 e. The summed E-state index contributed by atoms with van der Waals surface area (Å²) in [7, 11) is 0. The van der Waals surface area contributed by atoms with Crippen LogP contribution < -0.4 is 0 Å². The maximum Gasteiger partial charge on any atom is 0.334 e. The number of ether oxygens (including phenoxy) is 2. The van der Waals surface area contributed by atoms with E-state index in [1.165, 1.54) is 6.92 Å². The Morgan fingerprint density at radius 2 is 1.85 bits per heavy atom. The van der Waals surface area contributed by atoms with Crippen molar-refractivity contribution in [2.24, 2.45) is 0 Å². The molecule has 5 heteroatoms. The van der Waals surface area contributed by atoms with Crippen molar-refractivity contribution in [3.05, 3.63) is 76.9 Å². The van der Waals surface area contributed by atoms with Crippen LogP contribution in [0, 0.1) is 0 Å². The number of carbonyl (C=O) groups excluding carboxylic acids is 2. The molecule has 0 amide bonds. The molecule has 2 aromatic rings. The number of hydrogen-bond donors (Lipinski definition) is 0. The van der Waals surface area contributed by atoms with Crippen molar-refractivity contribution in [2.75, 3.05) is 0 Å². The van der Waals surface area contributed by atoms with E-state index in [2.05, 4.69) is 6.58 Å². The van der Waals surface area contributed by atoms with E-state index in [4.69, 9.17) is 9.47 Å². The van der Waals surface area contributed by atoms with Gasteiger partial charge in [-0.2, -0.15) is 0 Å². The lowest BCUT2D eigenvalue weighted by molar-refractivity contribution is -0.143. The van der Waals surface area contributed by atoms with E-state index < -0.39 is 12.1 Å². The number of esters is 2. The van der Waals surface area contributed by atoms with Crippen LogP contribution in [0.2, 0.25) is 0 Å². The van der Waals surface area contributed by atoms with Gasteiger partial charge in [0.2, 0.25) is 0 Å². The summed E-state index contributed by atoms with van der Waals surface area (Å²) in [5.74, 6) is 0.00397. The normalized spacial score (nSPS) is 15.2. The van der Waals surface area contributed by atoms with Crippen molar-refractivity contribution in [3.63, 3.8) is 0 Å². The van der Waals surface area contributed by atoms with Crippen LogP contribution >= 0.6 is 11.8 Å².